The third-order valence-corrected chi connectivity index (χ3v) is 6.14. The molecule has 8 nitrogen and oxygen atoms in total. The lowest BCUT2D eigenvalue weighted by Gasteiger charge is -2.13. The van der Waals surface area contributed by atoms with Gasteiger partial charge in [0.1, 0.15) is 6.54 Å². The highest BCUT2D eigenvalue weighted by molar-refractivity contribution is 14.1. The summed E-state index contributed by atoms with van der Waals surface area (Å²) in [5.74, 6) is -1.45. The van der Waals surface area contributed by atoms with Gasteiger partial charge in [0, 0.05) is 5.02 Å². The van der Waals surface area contributed by atoms with Crippen LogP contribution in [0.25, 0.3) is 6.08 Å². The first-order chi connectivity index (χ1) is 15.2. The van der Waals surface area contributed by atoms with Crippen molar-refractivity contribution in [2.75, 3.05) is 20.8 Å². The maximum absolute atomic E-state index is 12.5. The van der Waals surface area contributed by atoms with E-state index in [9.17, 15) is 19.2 Å². The maximum Gasteiger partial charge on any atom is 0.343 e. The van der Waals surface area contributed by atoms with Crippen LogP contribution in [0.3, 0.4) is 0 Å². The molecule has 166 valence electrons. The average molecular weight is 588 g/mol. The number of hydrogen-bond acceptors (Lipinski definition) is 8. The normalized spacial score (nSPS) is 14.6. The molecule has 32 heavy (non-hydrogen) atoms. The van der Waals surface area contributed by atoms with Crippen LogP contribution in [0.5, 0.6) is 11.5 Å². The zero-order valence-corrected chi connectivity index (χ0v) is 20.4. The number of rotatable bonds is 6. The van der Waals surface area contributed by atoms with Crippen molar-refractivity contribution >= 4 is 75.1 Å². The Balaban J connectivity index is 1.86. The number of carbonyl (C=O) groups is 4. The maximum atomic E-state index is 12.5. The fraction of sp³-hybridized carbons (Fsp3) is 0.143. The highest BCUT2D eigenvalue weighted by Gasteiger charge is 2.36. The van der Waals surface area contributed by atoms with E-state index < -0.39 is 29.6 Å². The van der Waals surface area contributed by atoms with E-state index in [4.69, 9.17) is 21.1 Å². The van der Waals surface area contributed by atoms with Crippen LogP contribution in [0.1, 0.15) is 15.9 Å². The number of ether oxygens (including phenoxy) is 3. The second-order valence-corrected chi connectivity index (χ2v) is 8.87. The van der Waals surface area contributed by atoms with Crippen LogP contribution in [-0.2, 0) is 14.3 Å². The van der Waals surface area contributed by atoms with Gasteiger partial charge in [0.2, 0.25) is 0 Å². The average Bonchev–Trinajstić information content (AvgIpc) is 3.02. The molecule has 0 bridgehead atoms. The van der Waals surface area contributed by atoms with Gasteiger partial charge in [-0.1, -0.05) is 17.7 Å². The second kappa shape index (κ2) is 10.4. The number of amides is 2. The number of nitrogens with zero attached hydrogens (tertiary/aromatic N) is 1. The minimum Gasteiger partial charge on any atom is -0.493 e. The topological polar surface area (TPSA) is 99.2 Å². The van der Waals surface area contributed by atoms with Crippen molar-refractivity contribution in [1.82, 2.24) is 4.90 Å². The minimum atomic E-state index is -0.698. The molecule has 0 atom stereocenters. The SMILES string of the molecule is COC(=O)CN1C(=O)S/C(=C\c2cc(I)c(OC(=O)c3cccc(Cl)c3)c(OC)c2)C1=O. The molecule has 1 aliphatic heterocycles. The molecular weight excluding hydrogens is 573 g/mol. The van der Waals surface area contributed by atoms with E-state index in [0.717, 1.165) is 4.90 Å². The fourth-order valence-corrected chi connectivity index (χ4v) is 4.43. The number of carbonyl (C=O) groups excluding carboxylic acids is 4. The summed E-state index contributed by atoms with van der Waals surface area (Å²) >= 11 is 8.61. The quantitative estimate of drug-likeness (QED) is 0.213. The Kier molecular flexibility index (Phi) is 7.80. The third-order valence-electron chi connectivity index (χ3n) is 4.19. The number of hydrogen-bond donors (Lipinski definition) is 0. The number of esters is 2. The Hall–Kier alpha value is -2.57. The highest BCUT2D eigenvalue weighted by Crippen LogP contribution is 2.37. The Morgan fingerprint density at radius 2 is 1.94 bits per heavy atom. The van der Waals surface area contributed by atoms with Gasteiger partial charge in [-0.3, -0.25) is 19.3 Å². The largest absolute Gasteiger partial charge is 0.493 e. The molecule has 0 N–H and O–H groups in total. The van der Waals surface area contributed by atoms with Gasteiger partial charge in [-0.05, 0) is 76.3 Å². The first-order valence-corrected chi connectivity index (χ1v) is 11.2. The van der Waals surface area contributed by atoms with Gasteiger partial charge >= 0.3 is 11.9 Å². The molecule has 2 amide bonds. The molecule has 0 aromatic heterocycles. The number of benzene rings is 2. The smallest absolute Gasteiger partial charge is 0.343 e. The van der Waals surface area contributed by atoms with Gasteiger partial charge < -0.3 is 14.2 Å². The van der Waals surface area contributed by atoms with Crippen LogP contribution < -0.4 is 9.47 Å². The molecule has 1 heterocycles. The molecule has 11 heteroatoms. The van der Waals surface area contributed by atoms with Gasteiger partial charge in [0.05, 0.1) is 28.3 Å². The Labute approximate surface area is 206 Å². The van der Waals surface area contributed by atoms with Crippen molar-refractivity contribution in [2.24, 2.45) is 0 Å². The molecule has 2 aromatic carbocycles. The number of methoxy groups -OCH3 is 2. The lowest BCUT2D eigenvalue weighted by Crippen LogP contribution is -2.34. The summed E-state index contributed by atoms with van der Waals surface area (Å²) in [5.41, 5.74) is 0.816. The third kappa shape index (κ3) is 5.43. The van der Waals surface area contributed by atoms with E-state index in [0.29, 0.717) is 25.9 Å². The van der Waals surface area contributed by atoms with E-state index in [-0.39, 0.29) is 22.0 Å². The summed E-state index contributed by atoms with van der Waals surface area (Å²) in [5, 5.41) is -0.169. The first-order valence-electron chi connectivity index (χ1n) is 8.91. The summed E-state index contributed by atoms with van der Waals surface area (Å²) in [6.07, 6.45) is 1.50. The number of thioether (sulfide) groups is 1. The fourth-order valence-electron chi connectivity index (χ4n) is 2.67. The molecule has 0 radical (unpaired) electrons. The van der Waals surface area contributed by atoms with E-state index >= 15 is 0 Å². The predicted molar refractivity (Wildman–Crippen MR) is 127 cm³/mol. The summed E-state index contributed by atoms with van der Waals surface area (Å²) in [6, 6.07) is 9.57. The van der Waals surface area contributed by atoms with Gasteiger partial charge in [0.25, 0.3) is 11.1 Å². The molecule has 0 unspecified atom stereocenters. The molecular formula is C21H15ClINO7S. The summed E-state index contributed by atoms with van der Waals surface area (Å²) in [7, 11) is 2.59. The van der Waals surface area contributed by atoms with Crippen LogP contribution in [0.2, 0.25) is 5.02 Å². The van der Waals surface area contributed by atoms with Crippen molar-refractivity contribution in [1.29, 1.82) is 0 Å². The summed E-state index contributed by atoms with van der Waals surface area (Å²) in [6.45, 7) is -0.461. The Bertz CT molecular complexity index is 1150. The predicted octanol–water partition coefficient (Wildman–Crippen LogP) is 4.38. The van der Waals surface area contributed by atoms with E-state index in [1.165, 1.54) is 26.4 Å². The van der Waals surface area contributed by atoms with Gasteiger partial charge in [-0.2, -0.15) is 0 Å². The van der Waals surface area contributed by atoms with Crippen molar-refractivity contribution < 1.29 is 33.4 Å². The van der Waals surface area contributed by atoms with E-state index in [1.807, 2.05) is 22.6 Å². The zero-order valence-electron chi connectivity index (χ0n) is 16.7. The minimum absolute atomic E-state index is 0.139. The molecule has 1 saturated heterocycles. The van der Waals surface area contributed by atoms with Crippen LogP contribution in [-0.4, -0.2) is 48.7 Å². The van der Waals surface area contributed by atoms with E-state index in [2.05, 4.69) is 4.74 Å². The van der Waals surface area contributed by atoms with E-state index in [1.54, 1.807) is 30.3 Å². The zero-order chi connectivity index (χ0) is 23.4. The van der Waals surface area contributed by atoms with Gasteiger partial charge in [-0.15, -0.1) is 0 Å². The summed E-state index contributed by atoms with van der Waals surface area (Å²) < 4.78 is 15.9. The molecule has 0 saturated carbocycles. The second-order valence-electron chi connectivity index (χ2n) is 6.28. The molecule has 0 spiro atoms. The monoisotopic (exact) mass is 587 g/mol. The van der Waals surface area contributed by atoms with Gasteiger partial charge in [0.15, 0.2) is 11.5 Å². The van der Waals surface area contributed by atoms with Gasteiger partial charge in [-0.25, -0.2) is 4.79 Å². The van der Waals surface area contributed by atoms with Crippen LogP contribution in [0.15, 0.2) is 41.3 Å². The molecule has 1 aliphatic rings. The highest BCUT2D eigenvalue weighted by atomic mass is 127. The van der Waals surface area contributed by atoms with Crippen LogP contribution >= 0.6 is 46.0 Å². The lowest BCUT2D eigenvalue weighted by atomic mass is 10.1. The first kappa shape index (κ1) is 24.1. The van der Waals surface area contributed by atoms with Crippen molar-refractivity contribution in [2.45, 2.75) is 0 Å². The van der Waals surface area contributed by atoms with Crippen molar-refractivity contribution in [3.8, 4) is 11.5 Å². The van der Waals surface area contributed by atoms with Crippen molar-refractivity contribution in [3.63, 3.8) is 0 Å². The number of imide groups is 1. The number of halogens is 2. The molecule has 0 aliphatic carbocycles. The molecule has 2 aromatic rings. The summed E-state index contributed by atoms with van der Waals surface area (Å²) in [4.78, 5) is 49.5. The van der Waals surface area contributed by atoms with Crippen LogP contribution in [0.4, 0.5) is 4.79 Å². The lowest BCUT2D eigenvalue weighted by molar-refractivity contribution is -0.143. The van der Waals surface area contributed by atoms with Crippen molar-refractivity contribution in [3.05, 3.63) is 61.0 Å². The molecule has 3 rings (SSSR count). The van der Waals surface area contributed by atoms with Crippen LogP contribution in [0, 0.1) is 3.57 Å². The Morgan fingerprint density at radius 1 is 1.19 bits per heavy atom. The molecule has 1 fully saturated rings. The standard InChI is InChI=1S/C21H15ClINO7S/c1-29-15-7-11(8-16-19(26)24(21(28)32-16)10-17(25)30-2)6-14(23)18(15)31-20(27)12-4-3-5-13(22)9-12/h3-9H,10H2,1-2H3/b16-8-. The Morgan fingerprint density at radius 3 is 2.59 bits per heavy atom.